The van der Waals surface area contributed by atoms with Gasteiger partial charge in [0.25, 0.3) is 0 Å². The molecule has 1 atom stereocenters. The number of rotatable bonds is 3. The fraction of sp³-hybridized carbons (Fsp3) is 0.300. The maximum Gasteiger partial charge on any atom is 0.244 e. The first kappa shape index (κ1) is 12.5. The maximum atomic E-state index is 13.0. The van der Waals surface area contributed by atoms with Crippen LogP contribution in [-0.4, -0.2) is 36.7 Å². The average molecular weight is 275 g/mol. The Bertz CT molecular complexity index is 532. The van der Waals surface area contributed by atoms with E-state index in [-0.39, 0.29) is 11.4 Å². The standard InChI is InChI=1S/C10H10FNO3S2/c11-8-2-1-3-9(6-8)17(14,15)12-4-5-16-10(12)7-13/h1-3,6-7,10H,4-5H2/t10-/m0/s1. The van der Waals surface area contributed by atoms with E-state index in [0.717, 1.165) is 10.4 Å². The lowest BCUT2D eigenvalue weighted by molar-refractivity contribution is -0.108. The zero-order chi connectivity index (χ0) is 12.5. The van der Waals surface area contributed by atoms with E-state index >= 15 is 0 Å². The molecular formula is C10H10FNO3S2. The van der Waals surface area contributed by atoms with Gasteiger partial charge in [-0.3, -0.25) is 0 Å². The quantitative estimate of drug-likeness (QED) is 0.775. The summed E-state index contributed by atoms with van der Waals surface area (Å²) in [4.78, 5) is 10.6. The van der Waals surface area contributed by atoms with Crippen LogP contribution < -0.4 is 0 Å². The highest BCUT2D eigenvalue weighted by Gasteiger charge is 2.35. The molecule has 92 valence electrons. The molecule has 1 aromatic carbocycles. The first-order valence-corrected chi connectivity index (χ1v) is 7.39. The summed E-state index contributed by atoms with van der Waals surface area (Å²) < 4.78 is 38.4. The summed E-state index contributed by atoms with van der Waals surface area (Å²) in [6.07, 6.45) is 0.592. The SMILES string of the molecule is O=C[C@@H]1SCCN1S(=O)(=O)c1cccc(F)c1. The van der Waals surface area contributed by atoms with E-state index in [1.54, 1.807) is 0 Å². The number of hydrogen-bond acceptors (Lipinski definition) is 4. The molecule has 0 unspecified atom stereocenters. The number of benzene rings is 1. The second-order valence-electron chi connectivity index (χ2n) is 3.47. The van der Waals surface area contributed by atoms with Gasteiger partial charge in [0, 0.05) is 12.3 Å². The largest absolute Gasteiger partial charge is 0.301 e. The molecule has 0 amide bonds. The maximum absolute atomic E-state index is 13.0. The van der Waals surface area contributed by atoms with Crippen molar-refractivity contribution in [1.29, 1.82) is 0 Å². The number of halogens is 1. The van der Waals surface area contributed by atoms with Crippen LogP contribution in [0.1, 0.15) is 0 Å². The van der Waals surface area contributed by atoms with Crippen LogP contribution in [0, 0.1) is 5.82 Å². The number of thioether (sulfide) groups is 1. The normalized spacial score (nSPS) is 21.6. The summed E-state index contributed by atoms with van der Waals surface area (Å²) in [7, 11) is -3.78. The van der Waals surface area contributed by atoms with E-state index in [1.807, 2.05) is 0 Å². The predicted molar refractivity (Wildman–Crippen MR) is 62.6 cm³/mol. The number of sulfonamides is 1. The van der Waals surface area contributed by atoms with Crippen molar-refractivity contribution < 1.29 is 17.6 Å². The lowest BCUT2D eigenvalue weighted by Crippen LogP contribution is -2.35. The molecule has 4 nitrogen and oxygen atoms in total. The number of carbonyl (C=O) groups is 1. The molecule has 1 fully saturated rings. The third kappa shape index (κ3) is 2.36. The van der Waals surface area contributed by atoms with Gasteiger partial charge in [0.15, 0.2) is 0 Å². The monoisotopic (exact) mass is 275 g/mol. The molecule has 1 aliphatic heterocycles. The van der Waals surface area contributed by atoms with Gasteiger partial charge in [-0.15, -0.1) is 11.8 Å². The van der Waals surface area contributed by atoms with E-state index in [0.29, 0.717) is 12.0 Å². The fourth-order valence-corrected chi connectivity index (χ4v) is 4.57. The summed E-state index contributed by atoms with van der Waals surface area (Å²) in [5.74, 6) is -0.0432. The van der Waals surface area contributed by atoms with Crippen molar-refractivity contribution in [3.63, 3.8) is 0 Å². The predicted octanol–water partition coefficient (Wildman–Crippen LogP) is 1.09. The lowest BCUT2D eigenvalue weighted by Gasteiger charge is -2.18. The Hall–Kier alpha value is -0.920. The molecule has 2 rings (SSSR count). The van der Waals surface area contributed by atoms with Gasteiger partial charge < -0.3 is 4.79 Å². The molecule has 0 spiro atoms. The van der Waals surface area contributed by atoms with Crippen LogP contribution in [0.25, 0.3) is 0 Å². The molecule has 0 radical (unpaired) electrons. The molecule has 0 aliphatic carbocycles. The van der Waals surface area contributed by atoms with Crippen LogP contribution in [0.15, 0.2) is 29.2 Å². The van der Waals surface area contributed by atoms with Gasteiger partial charge in [0.2, 0.25) is 10.0 Å². The highest BCUT2D eigenvalue weighted by atomic mass is 32.2. The van der Waals surface area contributed by atoms with Gasteiger partial charge in [-0.2, -0.15) is 4.31 Å². The van der Waals surface area contributed by atoms with Gasteiger partial charge in [0.1, 0.15) is 17.5 Å². The van der Waals surface area contributed by atoms with Crippen molar-refractivity contribution in [3.05, 3.63) is 30.1 Å². The van der Waals surface area contributed by atoms with Crippen molar-refractivity contribution >= 4 is 28.1 Å². The Morgan fingerprint density at radius 1 is 1.47 bits per heavy atom. The van der Waals surface area contributed by atoms with Crippen LogP contribution >= 0.6 is 11.8 Å². The molecule has 1 heterocycles. The fourth-order valence-electron chi connectivity index (χ4n) is 1.60. The molecule has 0 aromatic heterocycles. The van der Waals surface area contributed by atoms with Gasteiger partial charge >= 0.3 is 0 Å². The van der Waals surface area contributed by atoms with Gasteiger partial charge in [0.05, 0.1) is 4.90 Å². The summed E-state index contributed by atoms with van der Waals surface area (Å²) >= 11 is 1.26. The summed E-state index contributed by atoms with van der Waals surface area (Å²) in [6.45, 7) is 0.271. The zero-order valence-corrected chi connectivity index (χ0v) is 10.4. The van der Waals surface area contributed by atoms with Crippen LogP contribution in [0.4, 0.5) is 4.39 Å². The molecule has 0 saturated carbocycles. The summed E-state index contributed by atoms with van der Waals surface area (Å²) in [5.41, 5.74) is 0. The molecule has 1 saturated heterocycles. The van der Waals surface area contributed by atoms with Crippen molar-refractivity contribution in [2.24, 2.45) is 0 Å². The van der Waals surface area contributed by atoms with Gasteiger partial charge in [-0.25, -0.2) is 12.8 Å². The molecule has 7 heteroatoms. The van der Waals surface area contributed by atoms with E-state index < -0.39 is 21.2 Å². The first-order valence-electron chi connectivity index (χ1n) is 4.90. The topological polar surface area (TPSA) is 54.5 Å². The summed E-state index contributed by atoms with van der Waals surface area (Å²) in [5, 5.41) is -0.705. The molecule has 1 aromatic rings. The minimum Gasteiger partial charge on any atom is -0.301 e. The van der Waals surface area contributed by atoms with Crippen molar-refractivity contribution in [3.8, 4) is 0 Å². The highest BCUT2D eigenvalue weighted by Crippen LogP contribution is 2.28. The number of aldehydes is 1. The van der Waals surface area contributed by atoms with Crippen molar-refractivity contribution in [2.45, 2.75) is 10.3 Å². The first-order chi connectivity index (χ1) is 8.05. The zero-order valence-electron chi connectivity index (χ0n) is 8.74. The van der Waals surface area contributed by atoms with Gasteiger partial charge in [-0.1, -0.05) is 6.07 Å². The Labute approximate surface area is 103 Å². The Kier molecular flexibility index (Phi) is 3.50. The Balaban J connectivity index is 2.39. The minimum atomic E-state index is -3.78. The Morgan fingerprint density at radius 2 is 2.24 bits per heavy atom. The summed E-state index contributed by atoms with van der Waals surface area (Å²) in [6, 6.07) is 4.79. The lowest BCUT2D eigenvalue weighted by atomic mass is 10.4. The molecule has 0 N–H and O–H groups in total. The van der Waals surface area contributed by atoms with Crippen molar-refractivity contribution in [2.75, 3.05) is 12.3 Å². The van der Waals surface area contributed by atoms with Crippen LogP contribution in [0.2, 0.25) is 0 Å². The van der Waals surface area contributed by atoms with E-state index in [2.05, 4.69) is 0 Å². The Morgan fingerprint density at radius 3 is 2.88 bits per heavy atom. The van der Waals surface area contributed by atoms with Crippen LogP contribution in [0.5, 0.6) is 0 Å². The highest BCUT2D eigenvalue weighted by molar-refractivity contribution is 8.01. The van der Waals surface area contributed by atoms with Gasteiger partial charge in [-0.05, 0) is 18.2 Å². The molecular weight excluding hydrogens is 265 g/mol. The average Bonchev–Trinajstić information content (AvgIpc) is 2.77. The number of nitrogens with zero attached hydrogens (tertiary/aromatic N) is 1. The second kappa shape index (κ2) is 4.75. The smallest absolute Gasteiger partial charge is 0.244 e. The number of hydrogen-bond donors (Lipinski definition) is 0. The third-order valence-electron chi connectivity index (χ3n) is 2.40. The molecule has 0 bridgehead atoms. The second-order valence-corrected chi connectivity index (χ2v) is 6.59. The third-order valence-corrected chi connectivity index (χ3v) is 5.54. The number of carbonyl (C=O) groups excluding carboxylic acids is 1. The van der Waals surface area contributed by atoms with E-state index in [4.69, 9.17) is 0 Å². The minimum absolute atomic E-state index is 0.119. The van der Waals surface area contributed by atoms with Crippen LogP contribution in [0.3, 0.4) is 0 Å². The molecule has 17 heavy (non-hydrogen) atoms. The van der Waals surface area contributed by atoms with Crippen LogP contribution in [-0.2, 0) is 14.8 Å². The molecule has 1 aliphatic rings. The van der Waals surface area contributed by atoms with E-state index in [9.17, 15) is 17.6 Å². The van der Waals surface area contributed by atoms with Crippen molar-refractivity contribution in [1.82, 2.24) is 4.31 Å². The van der Waals surface area contributed by atoms with E-state index in [1.165, 1.54) is 30.0 Å².